The molecule has 34 heavy (non-hydrogen) atoms. The molecule has 1 aliphatic rings. The van der Waals surface area contributed by atoms with Crippen LogP contribution in [0.4, 0.5) is 5.82 Å². The summed E-state index contributed by atoms with van der Waals surface area (Å²) in [6.45, 7) is 2.54. The van der Waals surface area contributed by atoms with Gasteiger partial charge < -0.3 is 14.5 Å². The molecule has 0 unspecified atom stereocenters. The van der Waals surface area contributed by atoms with Gasteiger partial charge in [-0.1, -0.05) is 35.3 Å². The van der Waals surface area contributed by atoms with Gasteiger partial charge in [-0.05, 0) is 42.3 Å². The van der Waals surface area contributed by atoms with Gasteiger partial charge in [0.1, 0.15) is 17.9 Å². The number of ether oxygens (including phenoxy) is 1. The summed E-state index contributed by atoms with van der Waals surface area (Å²) >= 11 is 12.3. The molecular formula is C24H22Cl2N6O2. The number of nitrogens with zero attached hydrogens (tertiary/aromatic N) is 6. The SMILES string of the molecule is COc1ccc(-c2cnc3ncnn3c2N2CCCN(C(=O)c3ccc(Cl)cc3Cl)CC2)cc1. The number of carbonyl (C=O) groups is 1. The third-order valence-electron chi connectivity index (χ3n) is 5.93. The molecule has 5 rings (SSSR count). The average molecular weight is 497 g/mol. The van der Waals surface area contributed by atoms with Gasteiger partial charge in [0.25, 0.3) is 11.7 Å². The number of carbonyl (C=O) groups excluding carboxylic acids is 1. The summed E-state index contributed by atoms with van der Waals surface area (Å²) in [6, 6.07) is 12.8. The van der Waals surface area contributed by atoms with Crippen molar-refractivity contribution < 1.29 is 9.53 Å². The molecule has 1 amide bonds. The summed E-state index contributed by atoms with van der Waals surface area (Å²) in [5.74, 6) is 2.10. The highest BCUT2D eigenvalue weighted by molar-refractivity contribution is 6.36. The highest BCUT2D eigenvalue weighted by atomic mass is 35.5. The number of hydrogen-bond acceptors (Lipinski definition) is 6. The van der Waals surface area contributed by atoms with Crippen LogP contribution in [0.3, 0.4) is 0 Å². The van der Waals surface area contributed by atoms with Crippen LogP contribution in [0.1, 0.15) is 16.8 Å². The van der Waals surface area contributed by atoms with Gasteiger partial charge in [-0.25, -0.2) is 4.98 Å². The lowest BCUT2D eigenvalue weighted by atomic mass is 10.1. The number of aromatic nitrogens is 4. The number of anilines is 1. The van der Waals surface area contributed by atoms with Gasteiger partial charge in [0.2, 0.25) is 0 Å². The van der Waals surface area contributed by atoms with Crippen molar-refractivity contribution in [1.82, 2.24) is 24.5 Å². The van der Waals surface area contributed by atoms with Crippen molar-refractivity contribution in [1.29, 1.82) is 0 Å². The van der Waals surface area contributed by atoms with E-state index in [-0.39, 0.29) is 5.91 Å². The maximum absolute atomic E-state index is 13.2. The Labute approximate surface area is 206 Å². The van der Waals surface area contributed by atoms with Gasteiger partial charge in [0.05, 0.1) is 17.7 Å². The van der Waals surface area contributed by atoms with Crippen molar-refractivity contribution in [3.8, 4) is 16.9 Å². The fourth-order valence-electron chi connectivity index (χ4n) is 4.21. The average Bonchev–Trinajstić information content (AvgIpc) is 3.20. The van der Waals surface area contributed by atoms with E-state index < -0.39 is 0 Å². The van der Waals surface area contributed by atoms with E-state index in [9.17, 15) is 4.79 Å². The number of fused-ring (bicyclic) bond motifs is 1. The molecule has 10 heteroatoms. The third kappa shape index (κ3) is 4.26. The molecule has 1 aliphatic heterocycles. The van der Waals surface area contributed by atoms with Crippen LogP contribution < -0.4 is 9.64 Å². The normalized spacial score (nSPS) is 14.3. The summed E-state index contributed by atoms with van der Waals surface area (Å²) in [4.78, 5) is 26.0. The van der Waals surface area contributed by atoms with Gasteiger partial charge in [0.15, 0.2) is 0 Å². The molecule has 1 saturated heterocycles. The summed E-state index contributed by atoms with van der Waals surface area (Å²) in [5, 5.41) is 5.30. The van der Waals surface area contributed by atoms with E-state index in [0.717, 1.165) is 35.7 Å². The van der Waals surface area contributed by atoms with E-state index in [0.29, 0.717) is 41.0 Å². The van der Waals surface area contributed by atoms with Crippen LogP contribution in [0.25, 0.3) is 16.9 Å². The predicted molar refractivity (Wildman–Crippen MR) is 132 cm³/mol. The second kappa shape index (κ2) is 9.48. The van der Waals surface area contributed by atoms with Gasteiger partial charge in [-0.15, -0.1) is 0 Å². The van der Waals surface area contributed by atoms with Crippen LogP contribution in [-0.2, 0) is 0 Å². The van der Waals surface area contributed by atoms with E-state index in [4.69, 9.17) is 27.9 Å². The third-order valence-corrected chi connectivity index (χ3v) is 6.47. The minimum absolute atomic E-state index is 0.0977. The van der Waals surface area contributed by atoms with Gasteiger partial charge in [0, 0.05) is 43.0 Å². The van der Waals surface area contributed by atoms with Crippen molar-refractivity contribution in [3.63, 3.8) is 0 Å². The molecule has 4 aromatic rings. The Balaban J connectivity index is 1.46. The molecule has 1 fully saturated rings. The summed E-state index contributed by atoms with van der Waals surface area (Å²) in [7, 11) is 1.64. The first-order valence-electron chi connectivity index (χ1n) is 10.9. The Hall–Kier alpha value is -3.36. The minimum Gasteiger partial charge on any atom is -0.497 e. The van der Waals surface area contributed by atoms with E-state index in [1.54, 1.807) is 29.8 Å². The molecule has 0 saturated carbocycles. The van der Waals surface area contributed by atoms with E-state index >= 15 is 0 Å². The number of methoxy groups -OCH3 is 1. The molecule has 0 bridgehead atoms. The predicted octanol–water partition coefficient (Wildman–Crippen LogP) is 4.46. The molecule has 3 heterocycles. The fourth-order valence-corrected chi connectivity index (χ4v) is 4.70. The molecule has 0 aliphatic carbocycles. The Morgan fingerprint density at radius 3 is 2.59 bits per heavy atom. The fraction of sp³-hybridized carbons (Fsp3) is 0.250. The van der Waals surface area contributed by atoms with Gasteiger partial charge >= 0.3 is 0 Å². The topological polar surface area (TPSA) is 75.9 Å². The summed E-state index contributed by atoms with van der Waals surface area (Å²) in [6.07, 6.45) is 4.11. The highest BCUT2D eigenvalue weighted by Gasteiger charge is 2.25. The first-order valence-corrected chi connectivity index (χ1v) is 11.6. The molecule has 0 N–H and O–H groups in total. The Kier molecular flexibility index (Phi) is 6.26. The van der Waals surface area contributed by atoms with Gasteiger partial charge in [-0.2, -0.15) is 14.6 Å². The van der Waals surface area contributed by atoms with Crippen molar-refractivity contribution >= 4 is 40.7 Å². The number of amides is 1. The summed E-state index contributed by atoms with van der Waals surface area (Å²) < 4.78 is 7.06. The maximum atomic E-state index is 13.2. The molecule has 0 atom stereocenters. The lowest BCUT2D eigenvalue weighted by molar-refractivity contribution is 0.0767. The number of benzene rings is 2. The number of hydrogen-bond donors (Lipinski definition) is 0. The van der Waals surface area contributed by atoms with E-state index in [2.05, 4.69) is 20.0 Å². The van der Waals surface area contributed by atoms with Gasteiger partial charge in [-0.3, -0.25) is 4.79 Å². The molecule has 0 radical (unpaired) electrons. The standard InChI is InChI=1S/C24H22Cl2N6O2/c1-34-18-6-3-16(4-7-18)20-14-27-24-28-15-29-32(24)22(20)30-9-2-10-31(12-11-30)23(33)19-8-5-17(25)13-21(19)26/h3-8,13-15H,2,9-12H2,1H3. The van der Waals surface area contributed by atoms with Crippen LogP contribution in [-0.4, -0.2) is 63.7 Å². The quantitative estimate of drug-likeness (QED) is 0.415. The van der Waals surface area contributed by atoms with Crippen molar-refractivity contribution in [3.05, 3.63) is 70.6 Å². The maximum Gasteiger partial charge on any atom is 0.255 e. The lowest BCUT2D eigenvalue weighted by Crippen LogP contribution is -2.36. The molecular weight excluding hydrogens is 475 g/mol. The van der Waals surface area contributed by atoms with Crippen LogP contribution in [0, 0.1) is 0 Å². The zero-order valence-corrected chi connectivity index (χ0v) is 20.0. The van der Waals surface area contributed by atoms with Crippen LogP contribution in [0.2, 0.25) is 10.0 Å². The number of halogens is 2. The van der Waals surface area contributed by atoms with Crippen LogP contribution in [0.5, 0.6) is 5.75 Å². The second-order valence-electron chi connectivity index (χ2n) is 7.95. The highest BCUT2D eigenvalue weighted by Crippen LogP contribution is 2.32. The van der Waals surface area contributed by atoms with E-state index in [1.807, 2.05) is 35.4 Å². The first kappa shape index (κ1) is 22.4. The molecule has 8 nitrogen and oxygen atoms in total. The van der Waals surface area contributed by atoms with Crippen LogP contribution >= 0.6 is 23.2 Å². The Morgan fingerprint density at radius 2 is 1.82 bits per heavy atom. The Bertz CT molecular complexity index is 1340. The van der Waals surface area contributed by atoms with Crippen molar-refractivity contribution in [2.24, 2.45) is 0 Å². The summed E-state index contributed by atoms with van der Waals surface area (Å²) in [5.41, 5.74) is 2.38. The van der Waals surface area contributed by atoms with Crippen molar-refractivity contribution in [2.45, 2.75) is 6.42 Å². The zero-order chi connectivity index (χ0) is 23.7. The van der Waals surface area contributed by atoms with E-state index in [1.165, 1.54) is 6.33 Å². The molecule has 0 spiro atoms. The minimum atomic E-state index is -0.0977. The number of rotatable bonds is 4. The molecule has 2 aromatic carbocycles. The van der Waals surface area contributed by atoms with Crippen molar-refractivity contribution in [2.75, 3.05) is 38.2 Å². The zero-order valence-electron chi connectivity index (χ0n) is 18.5. The molecule has 2 aromatic heterocycles. The smallest absolute Gasteiger partial charge is 0.255 e. The monoisotopic (exact) mass is 496 g/mol. The largest absolute Gasteiger partial charge is 0.497 e. The molecule has 174 valence electrons. The van der Waals surface area contributed by atoms with Crippen LogP contribution in [0.15, 0.2) is 55.0 Å². The first-order chi connectivity index (χ1) is 16.5. The Morgan fingerprint density at radius 1 is 1.00 bits per heavy atom. The second-order valence-corrected chi connectivity index (χ2v) is 8.80. The lowest BCUT2D eigenvalue weighted by Gasteiger charge is -2.26.